The molecule has 2 unspecified atom stereocenters. The average molecular weight is 245 g/mol. The van der Waals surface area contributed by atoms with Crippen molar-refractivity contribution in [3.63, 3.8) is 0 Å². The topological polar surface area (TPSA) is 35.2 Å². The Morgan fingerprint density at radius 3 is 3.06 bits per heavy atom. The van der Waals surface area contributed by atoms with Crippen LogP contribution in [0.4, 0.5) is 0 Å². The minimum atomic E-state index is -0.166. The number of fused-ring (bicyclic) bond motifs is 1. The molecule has 1 aromatic carbocycles. The number of nitrogens with two attached hydrogens (primary N) is 1. The van der Waals surface area contributed by atoms with E-state index in [2.05, 4.69) is 25.1 Å². The first-order valence-corrected chi connectivity index (χ1v) is 7.23. The van der Waals surface area contributed by atoms with E-state index < -0.39 is 0 Å². The highest BCUT2D eigenvalue weighted by atomic mass is 16.5. The fourth-order valence-corrected chi connectivity index (χ4v) is 3.42. The van der Waals surface area contributed by atoms with Gasteiger partial charge >= 0.3 is 0 Å². The molecule has 0 radical (unpaired) electrons. The van der Waals surface area contributed by atoms with Crippen molar-refractivity contribution in [1.29, 1.82) is 0 Å². The predicted molar refractivity (Wildman–Crippen MR) is 73.8 cm³/mol. The third-order valence-electron chi connectivity index (χ3n) is 4.65. The standard InChI is InChI=1S/C16H23NO/c1-12-4-3-9-16(17,10-7-12)14-6-2-5-13-8-11-18-15(13)14/h2,5-6,12H,3-4,7-11,17H2,1H3. The maximum Gasteiger partial charge on any atom is 0.127 e. The van der Waals surface area contributed by atoms with E-state index in [-0.39, 0.29) is 5.54 Å². The molecule has 1 aliphatic heterocycles. The van der Waals surface area contributed by atoms with Gasteiger partial charge in [-0.15, -0.1) is 0 Å². The van der Waals surface area contributed by atoms with Crippen molar-refractivity contribution in [2.24, 2.45) is 11.7 Å². The van der Waals surface area contributed by atoms with Gasteiger partial charge in [0.2, 0.25) is 0 Å². The minimum absolute atomic E-state index is 0.166. The van der Waals surface area contributed by atoms with Gasteiger partial charge in [-0.1, -0.05) is 38.0 Å². The van der Waals surface area contributed by atoms with Crippen LogP contribution >= 0.6 is 0 Å². The summed E-state index contributed by atoms with van der Waals surface area (Å²) in [6, 6.07) is 6.50. The Labute approximate surface area is 110 Å². The van der Waals surface area contributed by atoms with E-state index in [0.29, 0.717) is 0 Å². The van der Waals surface area contributed by atoms with Crippen molar-refractivity contribution in [1.82, 2.24) is 0 Å². The number of hydrogen-bond acceptors (Lipinski definition) is 2. The number of hydrogen-bond donors (Lipinski definition) is 1. The van der Waals surface area contributed by atoms with Crippen LogP contribution in [0.3, 0.4) is 0 Å². The highest BCUT2D eigenvalue weighted by Crippen LogP contribution is 2.42. The van der Waals surface area contributed by atoms with Crippen molar-refractivity contribution in [3.8, 4) is 5.75 Å². The van der Waals surface area contributed by atoms with Crippen LogP contribution in [0.15, 0.2) is 18.2 Å². The molecular weight excluding hydrogens is 222 g/mol. The van der Waals surface area contributed by atoms with Gasteiger partial charge in [0.15, 0.2) is 0 Å². The Bertz CT molecular complexity index is 443. The Morgan fingerprint density at radius 2 is 2.17 bits per heavy atom. The molecule has 2 N–H and O–H groups in total. The number of benzene rings is 1. The molecule has 2 nitrogen and oxygen atoms in total. The molecule has 2 atom stereocenters. The molecule has 2 aliphatic rings. The summed E-state index contributed by atoms with van der Waals surface area (Å²) in [5.41, 5.74) is 9.17. The summed E-state index contributed by atoms with van der Waals surface area (Å²) in [5.74, 6) is 1.91. The number of rotatable bonds is 1. The first kappa shape index (κ1) is 12.0. The zero-order valence-electron chi connectivity index (χ0n) is 11.2. The molecule has 0 saturated heterocycles. The Hall–Kier alpha value is -1.02. The number of para-hydroxylation sites is 1. The highest BCUT2D eigenvalue weighted by molar-refractivity contribution is 5.47. The molecule has 1 aliphatic carbocycles. The van der Waals surface area contributed by atoms with Crippen LogP contribution in [0.1, 0.15) is 50.2 Å². The van der Waals surface area contributed by atoms with Crippen LogP contribution in [-0.4, -0.2) is 6.61 Å². The van der Waals surface area contributed by atoms with Crippen LogP contribution in [0, 0.1) is 5.92 Å². The van der Waals surface area contributed by atoms with Gasteiger partial charge in [0, 0.05) is 17.5 Å². The largest absolute Gasteiger partial charge is 0.493 e. The van der Waals surface area contributed by atoms with Crippen molar-refractivity contribution in [3.05, 3.63) is 29.3 Å². The van der Waals surface area contributed by atoms with Gasteiger partial charge < -0.3 is 10.5 Å². The summed E-state index contributed by atoms with van der Waals surface area (Å²) in [6.07, 6.45) is 7.01. The van der Waals surface area contributed by atoms with E-state index in [1.54, 1.807) is 0 Å². The van der Waals surface area contributed by atoms with E-state index in [4.69, 9.17) is 10.5 Å². The van der Waals surface area contributed by atoms with Crippen molar-refractivity contribution < 1.29 is 4.74 Å². The minimum Gasteiger partial charge on any atom is -0.493 e. The van der Waals surface area contributed by atoms with E-state index in [9.17, 15) is 0 Å². The summed E-state index contributed by atoms with van der Waals surface area (Å²) >= 11 is 0. The molecule has 0 amide bonds. The van der Waals surface area contributed by atoms with Gasteiger partial charge in [0.1, 0.15) is 5.75 Å². The third-order valence-corrected chi connectivity index (χ3v) is 4.65. The lowest BCUT2D eigenvalue weighted by molar-refractivity contribution is 0.323. The molecule has 1 aromatic rings. The van der Waals surface area contributed by atoms with Crippen LogP contribution in [0.25, 0.3) is 0 Å². The summed E-state index contributed by atoms with van der Waals surface area (Å²) in [7, 11) is 0. The lowest BCUT2D eigenvalue weighted by Crippen LogP contribution is -2.36. The summed E-state index contributed by atoms with van der Waals surface area (Å²) in [6.45, 7) is 3.16. The second-order valence-electron chi connectivity index (χ2n) is 6.08. The molecule has 0 aromatic heterocycles. The zero-order valence-corrected chi connectivity index (χ0v) is 11.2. The second-order valence-corrected chi connectivity index (χ2v) is 6.08. The predicted octanol–water partition coefficient (Wildman–Crippen LogP) is 3.38. The zero-order chi connectivity index (χ0) is 12.6. The molecule has 2 heteroatoms. The smallest absolute Gasteiger partial charge is 0.127 e. The molecule has 1 heterocycles. The first-order chi connectivity index (χ1) is 8.69. The van der Waals surface area contributed by atoms with E-state index >= 15 is 0 Å². The fourth-order valence-electron chi connectivity index (χ4n) is 3.42. The Morgan fingerprint density at radius 1 is 1.28 bits per heavy atom. The quantitative estimate of drug-likeness (QED) is 0.770. The maximum absolute atomic E-state index is 6.74. The third kappa shape index (κ3) is 2.03. The van der Waals surface area contributed by atoms with Crippen LogP contribution in [0.2, 0.25) is 0 Å². The SMILES string of the molecule is CC1CCCC(N)(c2cccc3c2OCC3)CC1. The Kier molecular flexibility index (Phi) is 3.06. The molecule has 3 rings (SSSR count). The van der Waals surface area contributed by atoms with E-state index in [0.717, 1.165) is 37.5 Å². The van der Waals surface area contributed by atoms with E-state index in [1.807, 2.05) is 0 Å². The van der Waals surface area contributed by atoms with Gasteiger partial charge in [-0.25, -0.2) is 0 Å². The molecule has 0 bridgehead atoms. The maximum atomic E-state index is 6.74. The van der Waals surface area contributed by atoms with Crippen molar-refractivity contribution in [2.45, 2.75) is 51.0 Å². The Balaban J connectivity index is 1.96. The molecular formula is C16H23NO. The molecule has 1 saturated carbocycles. The lowest BCUT2D eigenvalue weighted by Gasteiger charge is -2.30. The molecule has 18 heavy (non-hydrogen) atoms. The van der Waals surface area contributed by atoms with Gasteiger partial charge in [-0.05, 0) is 30.7 Å². The molecule has 98 valence electrons. The summed E-state index contributed by atoms with van der Waals surface area (Å²) < 4.78 is 5.84. The normalized spacial score (nSPS) is 31.6. The van der Waals surface area contributed by atoms with Crippen LogP contribution in [0.5, 0.6) is 5.75 Å². The first-order valence-electron chi connectivity index (χ1n) is 7.23. The van der Waals surface area contributed by atoms with E-state index in [1.165, 1.54) is 30.4 Å². The van der Waals surface area contributed by atoms with Gasteiger partial charge in [-0.3, -0.25) is 0 Å². The number of ether oxygens (including phenoxy) is 1. The highest BCUT2D eigenvalue weighted by Gasteiger charge is 2.34. The lowest BCUT2D eigenvalue weighted by atomic mass is 9.82. The molecule has 1 fully saturated rings. The summed E-state index contributed by atoms with van der Waals surface area (Å²) in [5, 5.41) is 0. The van der Waals surface area contributed by atoms with Gasteiger partial charge in [0.05, 0.1) is 6.61 Å². The second kappa shape index (κ2) is 4.58. The van der Waals surface area contributed by atoms with Crippen molar-refractivity contribution in [2.75, 3.05) is 6.61 Å². The van der Waals surface area contributed by atoms with Crippen LogP contribution in [-0.2, 0) is 12.0 Å². The van der Waals surface area contributed by atoms with Crippen LogP contribution < -0.4 is 10.5 Å². The van der Waals surface area contributed by atoms with Gasteiger partial charge in [0.25, 0.3) is 0 Å². The van der Waals surface area contributed by atoms with Crippen molar-refractivity contribution >= 4 is 0 Å². The summed E-state index contributed by atoms with van der Waals surface area (Å²) in [4.78, 5) is 0. The molecule has 0 spiro atoms. The average Bonchev–Trinajstić information content (AvgIpc) is 2.77. The fraction of sp³-hybridized carbons (Fsp3) is 0.625. The van der Waals surface area contributed by atoms with Gasteiger partial charge in [-0.2, -0.15) is 0 Å². The monoisotopic (exact) mass is 245 g/mol.